The summed E-state index contributed by atoms with van der Waals surface area (Å²) in [5.74, 6) is -2.50. The fourth-order valence-electron chi connectivity index (χ4n) is 2.83. The summed E-state index contributed by atoms with van der Waals surface area (Å²) >= 11 is 0. The van der Waals surface area contributed by atoms with Gasteiger partial charge < -0.3 is 4.74 Å². The number of hydrogen-bond donors (Lipinski definition) is 0. The molecule has 1 aliphatic carbocycles. The van der Waals surface area contributed by atoms with Crippen LogP contribution in [0.1, 0.15) is 58.3 Å². The molecule has 1 rings (SSSR count). The van der Waals surface area contributed by atoms with Crippen LogP contribution in [0.5, 0.6) is 0 Å². The Morgan fingerprint density at radius 3 is 2.31 bits per heavy atom. The highest BCUT2D eigenvalue weighted by Crippen LogP contribution is 2.42. The SMILES string of the molecule is COCC1(CCCCC(C)(F)F)CCCC1. The molecule has 0 bridgehead atoms. The largest absolute Gasteiger partial charge is 0.384 e. The number of unbranched alkanes of at least 4 members (excludes halogenated alkanes) is 1. The first-order valence-electron chi connectivity index (χ1n) is 6.34. The number of hydrogen-bond acceptors (Lipinski definition) is 1. The van der Waals surface area contributed by atoms with E-state index in [1.54, 1.807) is 7.11 Å². The summed E-state index contributed by atoms with van der Waals surface area (Å²) in [5, 5.41) is 0. The van der Waals surface area contributed by atoms with Gasteiger partial charge in [-0.2, -0.15) is 0 Å². The van der Waals surface area contributed by atoms with Crippen molar-refractivity contribution in [3.63, 3.8) is 0 Å². The van der Waals surface area contributed by atoms with Crippen LogP contribution in [0, 0.1) is 5.41 Å². The van der Waals surface area contributed by atoms with Crippen LogP contribution >= 0.6 is 0 Å². The third-order valence-electron chi connectivity index (χ3n) is 3.69. The Morgan fingerprint density at radius 2 is 1.81 bits per heavy atom. The van der Waals surface area contributed by atoms with Crippen LogP contribution in [-0.2, 0) is 4.74 Å². The molecule has 0 unspecified atom stereocenters. The smallest absolute Gasteiger partial charge is 0.245 e. The van der Waals surface area contributed by atoms with Gasteiger partial charge in [0.15, 0.2) is 0 Å². The first-order valence-corrected chi connectivity index (χ1v) is 6.34. The highest BCUT2D eigenvalue weighted by molar-refractivity contribution is 4.84. The molecule has 1 saturated carbocycles. The lowest BCUT2D eigenvalue weighted by Gasteiger charge is -2.28. The van der Waals surface area contributed by atoms with Gasteiger partial charge in [0.25, 0.3) is 0 Å². The summed E-state index contributed by atoms with van der Waals surface area (Å²) in [6, 6.07) is 0. The summed E-state index contributed by atoms with van der Waals surface area (Å²) in [6.45, 7) is 1.81. The minimum Gasteiger partial charge on any atom is -0.384 e. The molecule has 3 heteroatoms. The van der Waals surface area contributed by atoms with Gasteiger partial charge >= 0.3 is 0 Å². The molecular weight excluding hydrogens is 210 g/mol. The van der Waals surface area contributed by atoms with Gasteiger partial charge in [-0.25, -0.2) is 8.78 Å². The summed E-state index contributed by atoms with van der Waals surface area (Å²) in [7, 11) is 1.74. The van der Waals surface area contributed by atoms with Gasteiger partial charge in [0.05, 0.1) is 6.61 Å². The van der Waals surface area contributed by atoms with Crippen molar-refractivity contribution in [1.82, 2.24) is 0 Å². The van der Waals surface area contributed by atoms with Crippen LogP contribution in [0.25, 0.3) is 0 Å². The van der Waals surface area contributed by atoms with Crippen molar-refractivity contribution in [2.45, 2.75) is 64.2 Å². The zero-order valence-corrected chi connectivity index (χ0v) is 10.5. The lowest BCUT2D eigenvalue weighted by molar-refractivity contribution is 0.00823. The molecule has 0 spiro atoms. The number of alkyl halides is 2. The Kier molecular flexibility index (Phi) is 5.16. The number of rotatable bonds is 7. The molecule has 0 saturated heterocycles. The maximum absolute atomic E-state index is 12.6. The van der Waals surface area contributed by atoms with Crippen LogP contribution in [0.15, 0.2) is 0 Å². The van der Waals surface area contributed by atoms with Crippen molar-refractivity contribution in [1.29, 1.82) is 0 Å². The lowest BCUT2D eigenvalue weighted by atomic mass is 9.81. The second-order valence-electron chi connectivity index (χ2n) is 5.42. The second-order valence-corrected chi connectivity index (χ2v) is 5.42. The molecule has 0 amide bonds. The third kappa shape index (κ3) is 4.77. The third-order valence-corrected chi connectivity index (χ3v) is 3.69. The Balaban J connectivity index is 2.23. The minimum atomic E-state index is -2.50. The zero-order chi connectivity index (χ0) is 12.1. The van der Waals surface area contributed by atoms with Crippen molar-refractivity contribution >= 4 is 0 Å². The van der Waals surface area contributed by atoms with Crippen molar-refractivity contribution < 1.29 is 13.5 Å². The quantitative estimate of drug-likeness (QED) is 0.593. The Hall–Kier alpha value is -0.180. The standard InChI is InChI=1S/C13H24F2O/c1-12(14,15)7-3-4-8-13(11-16-2)9-5-6-10-13/h3-11H2,1-2H3. The summed E-state index contributed by atoms with van der Waals surface area (Å²) in [4.78, 5) is 0. The molecule has 0 aromatic rings. The highest BCUT2D eigenvalue weighted by Gasteiger charge is 2.33. The van der Waals surface area contributed by atoms with Crippen molar-refractivity contribution in [2.24, 2.45) is 5.41 Å². The molecule has 1 aliphatic rings. The molecule has 1 fully saturated rings. The van der Waals surface area contributed by atoms with Gasteiger partial charge in [-0.3, -0.25) is 0 Å². The average molecular weight is 234 g/mol. The van der Waals surface area contributed by atoms with E-state index in [2.05, 4.69) is 0 Å². The maximum atomic E-state index is 12.6. The molecule has 0 aromatic carbocycles. The van der Waals surface area contributed by atoms with Crippen LogP contribution in [0.4, 0.5) is 8.78 Å². The molecule has 96 valence electrons. The predicted molar refractivity (Wildman–Crippen MR) is 61.9 cm³/mol. The van der Waals surface area contributed by atoms with Gasteiger partial charge in [0.1, 0.15) is 0 Å². The van der Waals surface area contributed by atoms with Gasteiger partial charge in [0.2, 0.25) is 5.92 Å². The molecule has 0 aliphatic heterocycles. The topological polar surface area (TPSA) is 9.23 Å². The molecule has 1 nitrogen and oxygen atoms in total. The first kappa shape index (κ1) is 13.9. The van der Waals surface area contributed by atoms with Gasteiger partial charge in [0, 0.05) is 13.5 Å². The fraction of sp³-hybridized carbons (Fsp3) is 1.00. The van der Waals surface area contributed by atoms with Crippen LogP contribution < -0.4 is 0 Å². The molecule has 0 N–H and O–H groups in total. The van der Waals surface area contributed by atoms with E-state index in [0.29, 0.717) is 11.8 Å². The predicted octanol–water partition coefficient (Wildman–Crippen LogP) is 4.41. The number of methoxy groups -OCH3 is 1. The summed E-state index contributed by atoms with van der Waals surface area (Å²) < 4.78 is 30.6. The Morgan fingerprint density at radius 1 is 1.19 bits per heavy atom. The molecular formula is C13H24F2O. The number of halogens is 2. The molecule has 0 aromatic heterocycles. The normalized spacial score (nSPS) is 20.2. The average Bonchev–Trinajstić information content (AvgIpc) is 2.61. The van der Waals surface area contributed by atoms with Crippen molar-refractivity contribution in [3.8, 4) is 0 Å². The first-order chi connectivity index (χ1) is 7.47. The molecule has 0 radical (unpaired) electrons. The van der Waals surface area contributed by atoms with Gasteiger partial charge in [-0.05, 0) is 38.0 Å². The van der Waals surface area contributed by atoms with Gasteiger partial charge in [-0.1, -0.05) is 19.3 Å². The molecule has 0 atom stereocenters. The Bertz CT molecular complexity index is 193. The fourth-order valence-corrected chi connectivity index (χ4v) is 2.83. The second kappa shape index (κ2) is 5.95. The van der Waals surface area contributed by atoms with E-state index in [-0.39, 0.29) is 6.42 Å². The zero-order valence-electron chi connectivity index (χ0n) is 10.5. The number of ether oxygens (including phenoxy) is 1. The van der Waals surface area contributed by atoms with E-state index in [4.69, 9.17) is 4.74 Å². The summed E-state index contributed by atoms with van der Waals surface area (Å²) in [5.41, 5.74) is 0.303. The summed E-state index contributed by atoms with van der Waals surface area (Å²) in [6.07, 6.45) is 7.59. The Labute approximate surface area is 97.6 Å². The van der Waals surface area contributed by atoms with E-state index in [1.807, 2.05) is 0 Å². The van der Waals surface area contributed by atoms with E-state index >= 15 is 0 Å². The van der Waals surface area contributed by atoms with E-state index < -0.39 is 5.92 Å². The highest BCUT2D eigenvalue weighted by atomic mass is 19.3. The van der Waals surface area contributed by atoms with Gasteiger partial charge in [-0.15, -0.1) is 0 Å². The van der Waals surface area contributed by atoms with Crippen LogP contribution in [0.2, 0.25) is 0 Å². The van der Waals surface area contributed by atoms with E-state index in [0.717, 1.165) is 26.4 Å². The minimum absolute atomic E-state index is 0.0239. The van der Waals surface area contributed by atoms with E-state index in [9.17, 15) is 8.78 Å². The van der Waals surface area contributed by atoms with Crippen molar-refractivity contribution in [3.05, 3.63) is 0 Å². The van der Waals surface area contributed by atoms with Crippen LogP contribution in [0.3, 0.4) is 0 Å². The lowest BCUT2D eigenvalue weighted by Crippen LogP contribution is -2.23. The van der Waals surface area contributed by atoms with Crippen LogP contribution in [-0.4, -0.2) is 19.6 Å². The maximum Gasteiger partial charge on any atom is 0.245 e. The van der Waals surface area contributed by atoms with E-state index in [1.165, 1.54) is 25.7 Å². The monoisotopic (exact) mass is 234 g/mol. The van der Waals surface area contributed by atoms with Crippen molar-refractivity contribution in [2.75, 3.05) is 13.7 Å². The molecule has 0 heterocycles. The molecule has 16 heavy (non-hydrogen) atoms.